The number of nitrogens with zero attached hydrogens (tertiary/aromatic N) is 3. The Bertz CT molecular complexity index is 838. The number of hydrogen-bond acceptors (Lipinski definition) is 4. The van der Waals surface area contributed by atoms with Crippen molar-refractivity contribution >= 4 is 39.2 Å². The van der Waals surface area contributed by atoms with Crippen molar-refractivity contribution in [1.29, 1.82) is 0 Å². The van der Waals surface area contributed by atoms with Crippen molar-refractivity contribution in [3.05, 3.63) is 35.3 Å². The molecule has 2 heterocycles. The van der Waals surface area contributed by atoms with Crippen molar-refractivity contribution in [3.8, 4) is 0 Å². The first-order valence-electron chi connectivity index (χ1n) is 5.74. The third kappa shape index (κ3) is 1.66. The predicted octanol–water partition coefficient (Wildman–Crippen LogP) is 2.46. The van der Waals surface area contributed by atoms with Crippen LogP contribution in [0.1, 0.15) is 21.9 Å². The zero-order chi connectivity index (χ0) is 13.7. The summed E-state index contributed by atoms with van der Waals surface area (Å²) in [6.07, 6.45) is 0. The average Bonchev–Trinajstić information content (AvgIpc) is 2.65. The zero-order valence-electron chi connectivity index (χ0n) is 10.4. The lowest BCUT2D eigenvalue weighted by Crippen LogP contribution is -2.01. The Balaban J connectivity index is 2.55. The second kappa shape index (κ2) is 3.93. The summed E-state index contributed by atoms with van der Waals surface area (Å²) in [5, 5.41) is -0.499. The molecule has 0 aliphatic heterocycles. The molecule has 0 fully saturated rings. The Morgan fingerprint density at radius 1 is 1.32 bits per heavy atom. The summed E-state index contributed by atoms with van der Waals surface area (Å²) in [5.74, 6) is 1.22. The van der Waals surface area contributed by atoms with Crippen molar-refractivity contribution < 1.29 is 4.79 Å². The monoisotopic (exact) mass is 274 g/mol. The molecule has 0 radical (unpaired) electrons. The van der Waals surface area contributed by atoms with E-state index in [0.29, 0.717) is 16.9 Å². The number of nitrogen functional groups attached to an aromatic ring is 1. The molecule has 0 saturated heterocycles. The first kappa shape index (κ1) is 11.9. The Morgan fingerprint density at radius 2 is 2.05 bits per heavy atom. The van der Waals surface area contributed by atoms with Crippen LogP contribution in [0.25, 0.3) is 16.6 Å². The number of aryl methyl sites for hydroxylation is 2. The van der Waals surface area contributed by atoms with Gasteiger partial charge in [-0.25, -0.2) is 9.97 Å². The van der Waals surface area contributed by atoms with Crippen LogP contribution in [0.3, 0.4) is 0 Å². The fourth-order valence-corrected chi connectivity index (χ4v) is 2.48. The van der Waals surface area contributed by atoms with E-state index in [1.807, 2.05) is 18.2 Å². The Labute approximate surface area is 114 Å². The highest BCUT2D eigenvalue weighted by Gasteiger charge is 2.14. The fourth-order valence-electron chi connectivity index (χ4n) is 2.37. The van der Waals surface area contributed by atoms with Gasteiger partial charge >= 0.3 is 0 Å². The highest BCUT2D eigenvalue weighted by atomic mass is 35.5. The standard InChI is InChI=1S/C13H11ClN4O/c1-6-11-13(15)17-9-4-3-8(12(14)19)5-10(9)18(11)7(2)16-6/h3-5H,1-2H3,(H2,15,17). The maximum absolute atomic E-state index is 11.3. The first-order chi connectivity index (χ1) is 8.99. The second-order valence-electron chi connectivity index (χ2n) is 4.40. The molecule has 0 aliphatic carbocycles. The van der Waals surface area contributed by atoms with E-state index in [2.05, 4.69) is 9.97 Å². The molecule has 6 heteroatoms. The predicted molar refractivity (Wildman–Crippen MR) is 74.6 cm³/mol. The molecule has 96 valence electrons. The summed E-state index contributed by atoms with van der Waals surface area (Å²) < 4.78 is 1.90. The average molecular weight is 275 g/mol. The van der Waals surface area contributed by atoms with Gasteiger partial charge in [-0.05, 0) is 43.6 Å². The minimum Gasteiger partial charge on any atom is -0.382 e. The van der Waals surface area contributed by atoms with E-state index in [1.165, 1.54) is 0 Å². The molecule has 0 saturated carbocycles. The molecule has 0 bridgehead atoms. The SMILES string of the molecule is Cc1nc(C)n2c1c(N)nc1ccc(C(=O)Cl)cc12. The molecule has 3 aromatic rings. The molecule has 0 unspecified atom stereocenters. The van der Waals surface area contributed by atoms with Gasteiger partial charge in [-0.15, -0.1) is 0 Å². The third-order valence-electron chi connectivity index (χ3n) is 3.15. The molecule has 0 atom stereocenters. The molecular weight excluding hydrogens is 264 g/mol. The topological polar surface area (TPSA) is 73.3 Å². The third-order valence-corrected chi connectivity index (χ3v) is 3.36. The van der Waals surface area contributed by atoms with E-state index in [9.17, 15) is 4.79 Å². The number of aromatic nitrogens is 3. The second-order valence-corrected chi connectivity index (χ2v) is 4.75. The number of imidazole rings is 1. The highest BCUT2D eigenvalue weighted by Crippen LogP contribution is 2.25. The van der Waals surface area contributed by atoms with Gasteiger partial charge in [-0.2, -0.15) is 0 Å². The van der Waals surface area contributed by atoms with Crippen LogP contribution in [0.15, 0.2) is 18.2 Å². The van der Waals surface area contributed by atoms with Gasteiger partial charge in [0, 0.05) is 5.56 Å². The summed E-state index contributed by atoms with van der Waals surface area (Å²) in [5.41, 5.74) is 9.45. The molecule has 2 aromatic heterocycles. The normalized spacial score (nSPS) is 11.3. The number of hydrogen-bond donors (Lipinski definition) is 1. The maximum atomic E-state index is 11.3. The first-order valence-corrected chi connectivity index (χ1v) is 6.11. The molecule has 0 amide bonds. The van der Waals surface area contributed by atoms with E-state index in [0.717, 1.165) is 22.6 Å². The van der Waals surface area contributed by atoms with Crippen LogP contribution >= 0.6 is 11.6 Å². The zero-order valence-corrected chi connectivity index (χ0v) is 11.2. The smallest absolute Gasteiger partial charge is 0.252 e. The number of anilines is 1. The Hall–Kier alpha value is -2.14. The van der Waals surface area contributed by atoms with Crippen LogP contribution in [0.5, 0.6) is 0 Å². The lowest BCUT2D eigenvalue weighted by molar-refractivity contribution is 0.108. The van der Waals surface area contributed by atoms with E-state index in [-0.39, 0.29) is 0 Å². The molecular formula is C13H11ClN4O. The van der Waals surface area contributed by atoms with Crippen LogP contribution in [0, 0.1) is 13.8 Å². The van der Waals surface area contributed by atoms with Crippen molar-refractivity contribution in [2.24, 2.45) is 0 Å². The minimum atomic E-state index is -0.499. The van der Waals surface area contributed by atoms with Gasteiger partial charge in [0.05, 0.1) is 16.7 Å². The van der Waals surface area contributed by atoms with Crippen LogP contribution in [0.4, 0.5) is 5.82 Å². The number of rotatable bonds is 1. The quantitative estimate of drug-likeness (QED) is 0.692. The lowest BCUT2D eigenvalue weighted by Gasteiger charge is -2.07. The van der Waals surface area contributed by atoms with E-state index < -0.39 is 5.24 Å². The molecule has 0 aliphatic rings. The number of halogens is 1. The number of carbonyl (C=O) groups excluding carboxylic acids is 1. The van der Waals surface area contributed by atoms with E-state index in [1.54, 1.807) is 18.2 Å². The van der Waals surface area contributed by atoms with Gasteiger partial charge in [0.25, 0.3) is 5.24 Å². The molecule has 2 N–H and O–H groups in total. The summed E-state index contributed by atoms with van der Waals surface area (Å²) >= 11 is 5.52. The van der Waals surface area contributed by atoms with Crippen molar-refractivity contribution in [1.82, 2.24) is 14.4 Å². The molecule has 1 aromatic carbocycles. The van der Waals surface area contributed by atoms with Gasteiger partial charge in [0.2, 0.25) is 0 Å². The number of fused-ring (bicyclic) bond motifs is 3. The Morgan fingerprint density at radius 3 is 2.74 bits per heavy atom. The summed E-state index contributed by atoms with van der Waals surface area (Å²) in [7, 11) is 0. The van der Waals surface area contributed by atoms with Crippen LogP contribution in [0.2, 0.25) is 0 Å². The maximum Gasteiger partial charge on any atom is 0.252 e. The number of nitrogens with two attached hydrogens (primary N) is 1. The fraction of sp³-hybridized carbons (Fsp3) is 0.154. The van der Waals surface area contributed by atoms with Gasteiger partial charge in [0.15, 0.2) is 0 Å². The van der Waals surface area contributed by atoms with E-state index in [4.69, 9.17) is 17.3 Å². The van der Waals surface area contributed by atoms with Gasteiger partial charge in [0.1, 0.15) is 17.2 Å². The molecule has 0 spiro atoms. The van der Waals surface area contributed by atoms with Gasteiger partial charge in [-0.3, -0.25) is 9.20 Å². The number of carbonyl (C=O) groups is 1. The highest BCUT2D eigenvalue weighted by molar-refractivity contribution is 6.67. The number of benzene rings is 1. The van der Waals surface area contributed by atoms with Crippen molar-refractivity contribution in [2.45, 2.75) is 13.8 Å². The molecule has 3 rings (SSSR count). The minimum absolute atomic E-state index is 0.424. The lowest BCUT2D eigenvalue weighted by atomic mass is 10.2. The summed E-state index contributed by atoms with van der Waals surface area (Å²) in [4.78, 5) is 20.0. The van der Waals surface area contributed by atoms with Crippen molar-refractivity contribution in [2.75, 3.05) is 5.73 Å². The Kier molecular flexibility index (Phi) is 2.46. The van der Waals surface area contributed by atoms with E-state index >= 15 is 0 Å². The van der Waals surface area contributed by atoms with Gasteiger partial charge in [-0.1, -0.05) is 0 Å². The largest absolute Gasteiger partial charge is 0.382 e. The van der Waals surface area contributed by atoms with Crippen LogP contribution < -0.4 is 5.73 Å². The molecule has 19 heavy (non-hydrogen) atoms. The van der Waals surface area contributed by atoms with Crippen LogP contribution in [-0.4, -0.2) is 19.6 Å². The molecule has 5 nitrogen and oxygen atoms in total. The van der Waals surface area contributed by atoms with Gasteiger partial charge < -0.3 is 5.73 Å². The van der Waals surface area contributed by atoms with Crippen molar-refractivity contribution in [3.63, 3.8) is 0 Å². The summed E-state index contributed by atoms with van der Waals surface area (Å²) in [6.45, 7) is 3.76. The summed E-state index contributed by atoms with van der Waals surface area (Å²) in [6, 6.07) is 5.07. The van der Waals surface area contributed by atoms with Crippen LogP contribution in [-0.2, 0) is 0 Å².